The molecule has 0 atom stereocenters. The Kier molecular flexibility index (Phi) is 8.01. The minimum Gasteiger partial charge on any atom is -0.493 e. The zero-order valence-electron chi connectivity index (χ0n) is 22.2. The Hall–Kier alpha value is -4.64. The van der Waals surface area contributed by atoms with Crippen molar-refractivity contribution in [2.45, 2.75) is 4.90 Å². The molecule has 0 aliphatic carbocycles. The van der Waals surface area contributed by atoms with E-state index in [1.54, 1.807) is 54.6 Å². The Labute approximate surface area is 227 Å². The van der Waals surface area contributed by atoms with Gasteiger partial charge in [-0.25, -0.2) is 13.2 Å². The smallest absolute Gasteiger partial charge is 0.323 e. The minimum atomic E-state index is -4.01. The van der Waals surface area contributed by atoms with Gasteiger partial charge in [0.05, 0.1) is 43.3 Å². The van der Waals surface area contributed by atoms with Crippen molar-refractivity contribution in [2.75, 3.05) is 55.7 Å². The maximum atomic E-state index is 13.5. The molecule has 0 saturated carbocycles. The van der Waals surface area contributed by atoms with E-state index in [1.165, 1.54) is 21.3 Å². The molecule has 0 radical (unpaired) electrons. The summed E-state index contributed by atoms with van der Waals surface area (Å²) in [5.74, 6) is 1.12. The van der Waals surface area contributed by atoms with Crippen LogP contribution >= 0.6 is 0 Å². The molecule has 0 aliphatic heterocycles. The van der Waals surface area contributed by atoms with Gasteiger partial charge in [-0.3, -0.25) is 4.72 Å². The van der Waals surface area contributed by atoms with Crippen molar-refractivity contribution in [3.63, 3.8) is 0 Å². The molecule has 0 unspecified atom stereocenters. The normalized spacial score (nSPS) is 11.0. The van der Waals surface area contributed by atoms with Gasteiger partial charge < -0.3 is 29.7 Å². The Balaban J connectivity index is 1.60. The molecule has 204 valence electrons. The molecule has 2 amide bonds. The van der Waals surface area contributed by atoms with Crippen LogP contribution in [-0.4, -0.2) is 49.9 Å². The standard InChI is InChI=1S/C28H30N4O6S/c1-32(2)23-14-8-11-20-19(23)10-9-15-26(20)39(34,35)31-22-13-7-6-12-21(22)30-28(33)29-18-16-24(36-3)27(38-5)25(17-18)37-4/h6-17,31H,1-5H3,(H2,29,30,33). The highest BCUT2D eigenvalue weighted by Gasteiger charge is 2.21. The molecule has 0 aromatic heterocycles. The topological polar surface area (TPSA) is 118 Å². The maximum absolute atomic E-state index is 13.5. The molecule has 10 nitrogen and oxygen atoms in total. The predicted molar refractivity (Wildman–Crippen MR) is 154 cm³/mol. The first-order chi connectivity index (χ1) is 18.7. The van der Waals surface area contributed by atoms with Gasteiger partial charge in [-0.2, -0.15) is 0 Å². The fourth-order valence-electron chi connectivity index (χ4n) is 4.21. The second kappa shape index (κ2) is 11.4. The number of methoxy groups -OCH3 is 3. The van der Waals surface area contributed by atoms with Crippen LogP contribution in [0.5, 0.6) is 17.2 Å². The Morgan fingerprint density at radius 2 is 1.36 bits per heavy atom. The lowest BCUT2D eigenvalue weighted by molar-refractivity contribution is 0.262. The van der Waals surface area contributed by atoms with Crippen LogP contribution in [0, 0.1) is 0 Å². The van der Waals surface area contributed by atoms with E-state index in [0.717, 1.165) is 11.1 Å². The van der Waals surface area contributed by atoms with Crippen molar-refractivity contribution in [3.05, 3.63) is 72.8 Å². The van der Waals surface area contributed by atoms with Gasteiger partial charge in [0, 0.05) is 42.7 Å². The van der Waals surface area contributed by atoms with Crippen LogP contribution < -0.4 is 34.5 Å². The van der Waals surface area contributed by atoms with E-state index >= 15 is 0 Å². The summed E-state index contributed by atoms with van der Waals surface area (Å²) in [4.78, 5) is 14.9. The number of rotatable bonds is 9. The van der Waals surface area contributed by atoms with Gasteiger partial charge in [-0.1, -0.05) is 36.4 Å². The highest BCUT2D eigenvalue weighted by molar-refractivity contribution is 7.93. The van der Waals surface area contributed by atoms with E-state index in [2.05, 4.69) is 15.4 Å². The van der Waals surface area contributed by atoms with Crippen LogP contribution in [-0.2, 0) is 10.0 Å². The number of benzene rings is 4. The Morgan fingerprint density at radius 1 is 0.744 bits per heavy atom. The fraction of sp³-hybridized carbons (Fsp3) is 0.179. The molecule has 0 fully saturated rings. The summed E-state index contributed by atoms with van der Waals surface area (Å²) in [6.45, 7) is 0. The van der Waals surface area contributed by atoms with E-state index in [0.29, 0.717) is 28.3 Å². The minimum absolute atomic E-state index is 0.125. The molecule has 0 heterocycles. The molecule has 4 rings (SSSR count). The summed E-state index contributed by atoms with van der Waals surface area (Å²) in [6.07, 6.45) is 0. The lowest BCUT2D eigenvalue weighted by atomic mass is 10.1. The van der Waals surface area contributed by atoms with Crippen LogP contribution in [0.3, 0.4) is 0 Å². The third kappa shape index (κ3) is 5.78. The third-order valence-electron chi connectivity index (χ3n) is 5.97. The number of urea groups is 1. The summed E-state index contributed by atoms with van der Waals surface area (Å²) >= 11 is 0. The molecular weight excluding hydrogens is 520 g/mol. The number of hydrogen-bond donors (Lipinski definition) is 3. The van der Waals surface area contributed by atoms with Gasteiger partial charge in [0.2, 0.25) is 5.75 Å². The highest BCUT2D eigenvalue weighted by atomic mass is 32.2. The van der Waals surface area contributed by atoms with Crippen molar-refractivity contribution in [2.24, 2.45) is 0 Å². The number of fused-ring (bicyclic) bond motifs is 1. The number of ether oxygens (including phenoxy) is 3. The van der Waals surface area contributed by atoms with E-state index < -0.39 is 16.1 Å². The molecule has 4 aromatic carbocycles. The first-order valence-electron chi connectivity index (χ1n) is 11.9. The summed E-state index contributed by atoms with van der Waals surface area (Å²) in [7, 11) is 4.22. The van der Waals surface area contributed by atoms with Gasteiger partial charge in [0.25, 0.3) is 10.0 Å². The molecule has 11 heteroatoms. The lowest BCUT2D eigenvalue weighted by Crippen LogP contribution is -2.21. The Bertz CT molecular complexity index is 1600. The zero-order valence-corrected chi connectivity index (χ0v) is 23.0. The number of hydrogen-bond acceptors (Lipinski definition) is 7. The average molecular weight is 551 g/mol. The second-order valence-corrected chi connectivity index (χ2v) is 10.3. The van der Waals surface area contributed by atoms with Crippen LogP contribution in [0.2, 0.25) is 0 Å². The van der Waals surface area contributed by atoms with Crippen LogP contribution in [0.15, 0.2) is 77.7 Å². The monoisotopic (exact) mass is 550 g/mol. The number of nitrogens with zero attached hydrogens (tertiary/aromatic N) is 1. The van der Waals surface area contributed by atoms with Gasteiger partial charge in [-0.15, -0.1) is 0 Å². The number of anilines is 4. The Morgan fingerprint density at radius 3 is 1.97 bits per heavy atom. The molecule has 0 aliphatic rings. The lowest BCUT2D eigenvalue weighted by Gasteiger charge is -2.18. The summed E-state index contributed by atoms with van der Waals surface area (Å²) < 4.78 is 45.7. The first kappa shape index (κ1) is 27.4. The second-order valence-electron chi connectivity index (χ2n) is 8.67. The maximum Gasteiger partial charge on any atom is 0.323 e. The van der Waals surface area contributed by atoms with Crippen molar-refractivity contribution in [1.82, 2.24) is 0 Å². The van der Waals surface area contributed by atoms with Gasteiger partial charge in [0.15, 0.2) is 11.5 Å². The van der Waals surface area contributed by atoms with Crippen LogP contribution in [0.4, 0.5) is 27.5 Å². The van der Waals surface area contributed by atoms with Crippen molar-refractivity contribution in [3.8, 4) is 17.2 Å². The predicted octanol–water partition coefficient (Wildman–Crippen LogP) is 5.38. The SMILES string of the molecule is COc1cc(NC(=O)Nc2ccccc2NS(=O)(=O)c2cccc3c(N(C)C)cccc23)cc(OC)c1OC. The van der Waals surface area contributed by atoms with Gasteiger partial charge >= 0.3 is 6.03 Å². The largest absolute Gasteiger partial charge is 0.493 e. The number of carbonyl (C=O) groups excluding carboxylic acids is 1. The van der Waals surface area contributed by atoms with E-state index in [-0.39, 0.29) is 16.3 Å². The highest BCUT2D eigenvalue weighted by Crippen LogP contribution is 2.40. The van der Waals surface area contributed by atoms with Crippen molar-refractivity contribution in [1.29, 1.82) is 0 Å². The van der Waals surface area contributed by atoms with Gasteiger partial charge in [0.1, 0.15) is 0 Å². The fourth-order valence-corrected chi connectivity index (χ4v) is 5.51. The number of carbonyl (C=O) groups is 1. The molecule has 0 spiro atoms. The molecule has 4 aromatic rings. The summed E-state index contributed by atoms with van der Waals surface area (Å²) in [6, 6.07) is 19.8. The molecular formula is C28H30N4O6S. The van der Waals surface area contributed by atoms with Crippen LogP contribution in [0.25, 0.3) is 10.8 Å². The number of sulfonamides is 1. The quantitative estimate of drug-likeness (QED) is 0.256. The van der Waals surface area contributed by atoms with Crippen molar-refractivity contribution >= 4 is 49.6 Å². The van der Waals surface area contributed by atoms with Crippen molar-refractivity contribution < 1.29 is 27.4 Å². The summed E-state index contributed by atoms with van der Waals surface area (Å²) in [5.41, 5.74) is 1.75. The molecule has 0 saturated heterocycles. The third-order valence-corrected chi connectivity index (χ3v) is 7.40. The van der Waals surface area contributed by atoms with Gasteiger partial charge in [-0.05, 0) is 24.3 Å². The number of nitrogens with one attached hydrogen (secondary N) is 3. The zero-order chi connectivity index (χ0) is 28.2. The molecule has 3 N–H and O–H groups in total. The first-order valence-corrected chi connectivity index (χ1v) is 13.4. The van der Waals surface area contributed by atoms with Crippen LogP contribution in [0.1, 0.15) is 0 Å². The number of amides is 2. The summed E-state index contributed by atoms with van der Waals surface area (Å²) in [5, 5.41) is 6.80. The van der Waals surface area contributed by atoms with E-state index in [9.17, 15) is 13.2 Å². The van der Waals surface area contributed by atoms with E-state index in [1.807, 2.05) is 37.2 Å². The number of para-hydroxylation sites is 2. The average Bonchev–Trinajstić information content (AvgIpc) is 2.92. The van der Waals surface area contributed by atoms with E-state index in [4.69, 9.17) is 14.2 Å². The molecule has 39 heavy (non-hydrogen) atoms. The molecule has 0 bridgehead atoms.